The normalized spacial score (nSPS) is 14.2. The quantitative estimate of drug-likeness (QED) is 0.399. The molecule has 0 saturated heterocycles. The van der Waals surface area contributed by atoms with Crippen LogP contribution in [0.5, 0.6) is 0 Å². The second kappa shape index (κ2) is 11.6. The van der Waals surface area contributed by atoms with Gasteiger partial charge < -0.3 is 19.4 Å². The van der Waals surface area contributed by atoms with Crippen LogP contribution in [0.25, 0.3) is 0 Å². The van der Waals surface area contributed by atoms with Gasteiger partial charge in [0, 0.05) is 6.04 Å². The number of carbonyl (C=O) groups is 3. The van der Waals surface area contributed by atoms with Gasteiger partial charge in [0.25, 0.3) is 0 Å². The average Bonchev–Trinajstić information content (AvgIpc) is 3.32. The van der Waals surface area contributed by atoms with Crippen molar-refractivity contribution in [2.75, 3.05) is 24.3 Å². The van der Waals surface area contributed by atoms with Gasteiger partial charge in [-0.15, -0.1) is 21.5 Å². The molecule has 2 aromatic heterocycles. The van der Waals surface area contributed by atoms with Gasteiger partial charge in [0.05, 0.1) is 24.5 Å². The summed E-state index contributed by atoms with van der Waals surface area (Å²) in [6.45, 7) is 7.39. The van der Waals surface area contributed by atoms with Gasteiger partial charge in [0.2, 0.25) is 5.91 Å². The molecule has 3 rings (SSSR count). The van der Waals surface area contributed by atoms with Crippen LogP contribution < -0.4 is 5.32 Å². The van der Waals surface area contributed by atoms with E-state index in [0.717, 1.165) is 35.2 Å². The number of aryl methyl sites for hydroxylation is 1. The van der Waals surface area contributed by atoms with Gasteiger partial charge in [-0.25, -0.2) is 9.59 Å². The Bertz CT molecular complexity index is 1010. The first-order valence-corrected chi connectivity index (χ1v) is 13.0. The van der Waals surface area contributed by atoms with Crippen LogP contribution in [0, 0.1) is 13.8 Å². The zero-order valence-electron chi connectivity index (χ0n) is 19.4. The van der Waals surface area contributed by atoms with E-state index in [1.807, 2.05) is 6.92 Å². The highest BCUT2D eigenvalue weighted by Gasteiger charge is 2.28. The molecule has 1 fully saturated rings. The van der Waals surface area contributed by atoms with E-state index >= 15 is 0 Å². The van der Waals surface area contributed by atoms with Crippen LogP contribution >= 0.6 is 23.1 Å². The maximum absolute atomic E-state index is 12.8. The monoisotopic (exact) mass is 494 g/mol. The molecule has 0 bridgehead atoms. The van der Waals surface area contributed by atoms with Gasteiger partial charge in [0.15, 0.2) is 5.16 Å². The van der Waals surface area contributed by atoms with E-state index in [0.29, 0.717) is 11.6 Å². The van der Waals surface area contributed by atoms with E-state index in [9.17, 15) is 14.4 Å². The molecule has 0 unspecified atom stereocenters. The van der Waals surface area contributed by atoms with E-state index in [1.165, 1.54) is 31.0 Å². The van der Waals surface area contributed by atoms with Crippen LogP contribution in [-0.2, 0) is 14.3 Å². The summed E-state index contributed by atoms with van der Waals surface area (Å²) in [6.07, 6.45) is 5.80. The zero-order valence-corrected chi connectivity index (χ0v) is 21.1. The van der Waals surface area contributed by atoms with Crippen molar-refractivity contribution in [2.45, 2.75) is 71.0 Å². The van der Waals surface area contributed by atoms with Gasteiger partial charge >= 0.3 is 11.9 Å². The number of ether oxygens (including phenoxy) is 2. The zero-order chi connectivity index (χ0) is 24.0. The van der Waals surface area contributed by atoms with Crippen molar-refractivity contribution in [3.63, 3.8) is 0 Å². The Morgan fingerprint density at radius 3 is 2.39 bits per heavy atom. The van der Waals surface area contributed by atoms with Crippen LogP contribution in [0.2, 0.25) is 0 Å². The van der Waals surface area contributed by atoms with Crippen molar-refractivity contribution in [2.24, 2.45) is 0 Å². The minimum absolute atomic E-state index is 0.0960. The summed E-state index contributed by atoms with van der Waals surface area (Å²) in [6, 6.07) is 0.363. The van der Waals surface area contributed by atoms with Gasteiger partial charge in [-0.2, -0.15) is 0 Å². The Labute approximate surface area is 201 Å². The van der Waals surface area contributed by atoms with Crippen molar-refractivity contribution in [1.29, 1.82) is 0 Å². The number of nitrogens with one attached hydrogen (secondary N) is 1. The molecule has 1 saturated carbocycles. The van der Waals surface area contributed by atoms with Crippen LogP contribution in [0.15, 0.2) is 5.16 Å². The van der Waals surface area contributed by atoms with Crippen LogP contribution in [0.3, 0.4) is 0 Å². The highest BCUT2D eigenvalue weighted by Crippen LogP contribution is 2.35. The number of rotatable bonds is 9. The molecule has 0 aromatic carbocycles. The predicted octanol–water partition coefficient (Wildman–Crippen LogP) is 4.55. The number of thiophene rings is 1. The summed E-state index contributed by atoms with van der Waals surface area (Å²) in [5, 5.41) is 12.3. The first-order valence-electron chi connectivity index (χ1n) is 11.2. The molecule has 33 heavy (non-hydrogen) atoms. The van der Waals surface area contributed by atoms with E-state index in [-0.39, 0.29) is 40.3 Å². The van der Waals surface area contributed by atoms with E-state index in [2.05, 4.69) is 20.1 Å². The fourth-order valence-corrected chi connectivity index (χ4v) is 5.90. The highest BCUT2D eigenvalue weighted by atomic mass is 32.2. The van der Waals surface area contributed by atoms with Gasteiger partial charge in [-0.3, -0.25) is 4.79 Å². The summed E-state index contributed by atoms with van der Waals surface area (Å²) in [5.41, 5.74) is 0.622. The molecule has 0 radical (unpaired) electrons. The van der Waals surface area contributed by atoms with E-state index in [1.54, 1.807) is 20.8 Å². The van der Waals surface area contributed by atoms with Gasteiger partial charge in [-0.05, 0) is 46.1 Å². The maximum Gasteiger partial charge on any atom is 0.348 e. The first kappa shape index (κ1) is 25.2. The largest absolute Gasteiger partial charge is 0.462 e. The molecule has 1 N–H and O–H groups in total. The summed E-state index contributed by atoms with van der Waals surface area (Å²) < 4.78 is 12.4. The Morgan fingerprint density at radius 2 is 1.73 bits per heavy atom. The van der Waals surface area contributed by atoms with Gasteiger partial charge in [0.1, 0.15) is 15.7 Å². The standard InChI is InChI=1S/C22H30N4O5S2/c1-5-30-20(28)17-13(3)18(21(29)31-6-2)33-19(17)23-16(27)12-32-22-25-24-14(4)26(22)15-10-8-7-9-11-15/h15H,5-12H2,1-4H3,(H,23,27). The Hall–Kier alpha value is -2.40. The van der Waals surface area contributed by atoms with Crippen LogP contribution in [0.1, 0.15) is 83.4 Å². The Morgan fingerprint density at radius 1 is 1.06 bits per heavy atom. The second-order valence-electron chi connectivity index (χ2n) is 7.73. The fourth-order valence-electron chi connectivity index (χ4n) is 3.94. The molecule has 1 aliphatic carbocycles. The number of thioether (sulfide) groups is 1. The summed E-state index contributed by atoms with van der Waals surface area (Å²) >= 11 is 2.33. The van der Waals surface area contributed by atoms with Crippen molar-refractivity contribution in [3.8, 4) is 0 Å². The fraction of sp³-hybridized carbons (Fsp3) is 0.591. The average molecular weight is 495 g/mol. The topological polar surface area (TPSA) is 112 Å². The predicted molar refractivity (Wildman–Crippen MR) is 127 cm³/mol. The van der Waals surface area contributed by atoms with Crippen molar-refractivity contribution >= 4 is 45.9 Å². The third-order valence-corrected chi connectivity index (χ3v) is 7.58. The Balaban J connectivity index is 1.74. The molecule has 0 spiro atoms. The lowest BCUT2D eigenvalue weighted by atomic mass is 9.95. The number of amides is 1. The molecule has 11 heteroatoms. The molecular formula is C22H30N4O5S2. The smallest absolute Gasteiger partial charge is 0.348 e. The molecule has 2 aromatic rings. The van der Waals surface area contributed by atoms with Crippen LogP contribution in [0.4, 0.5) is 5.00 Å². The number of hydrogen-bond acceptors (Lipinski definition) is 9. The number of carbonyl (C=O) groups excluding carboxylic acids is 3. The third-order valence-electron chi connectivity index (χ3n) is 5.45. The summed E-state index contributed by atoms with van der Waals surface area (Å²) in [4.78, 5) is 37.9. The molecule has 9 nitrogen and oxygen atoms in total. The number of esters is 2. The molecular weight excluding hydrogens is 464 g/mol. The van der Waals surface area contributed by atoms with Crippen LogP contribution in [-0.4, -0.2) is 51.6 Å². The van der Waals surface area contributed by atoms with E-state index in [4.69, 9.17) is 9.47 Å². The lowest BCUT2D eigenvalue weighted by molar-refractivity contribution is -0.113. The van der Waals surface area contributed by atoms with Crippen molar-refractivity contribution < 1.29 is 23.9 Å². The minimum atomic E-state index is -0.586. The van der Waals surface area contributed by atoms with Gasteiger partial charge in [-0.1, -0.05) is 31.0 Å². The molecule has 2 heterocycles. The first-order chi connectivity index (χ1) is 15.9. The molecule has 0 atom stereocenters. The Kier molecular flexibility index (Phi) is 8.90. The molecule has 0 aliphatic heterocycles. The molecule has 1 amide bonds. The molecule has 1 aliphatic rings. The summed E-state index contributed by atoms with van der Waals surface area (Å²) in [7, 11) is 0. The highest BCUT2D eigenvalue weighted by molar-refractivity contribution is 7.99. The SMILES string of the molecule is CCOC(=O)c1sc(NC(=O)CSc2nnc(C)n2C2CCCCC2)c(C(=O)OCC)c1C. The van der Waals surface area contributed by atoms with E-state index < -0.39 is 11.9 Å². The van der Waals surface area contributed by atoms with Crippen molar-refractivity contribution in [1.82, 2.24) is 14.8 Å². The minimum Gasteiger partial charge on any atom is -0.462 e. The van der Waals surface area contributed by atoms with Crippen molar-refractivity contribution in [3.05, 3.63) is 21.8 Å². The lowest BCUT2D eigenvalue weighted by Gasteiger charge is -2.24. The number of aromatic nitrogens is 3. The third kappa shape index (κ3) is 5.94. The number of nitrogens with zero attached hydrogens (tertiary/aromatic N) is 3. The summed E-state index contributed by atoms with van der Waals surface area (Å²) in [5.74, 6) is -0.479. The maximum atomic E-state index is 12.8. The number of anilines is 1. The lowest BCUT2D eigenvalue weighted by Crippen LogP contribution is -2.18. The second-order valence-corrected chi connectivity index (χ2v) is 9.69. The molecule has 180 valence electrons. The number of hydrogen-bond donors (Lipinski definition) is 1.